The van der Waals surface area contributed by atoms with Crippen molar-refractivity contribution >= 4 is 5.82 Å². The Morgan fingerprint density at radius 3 is 2.62 bits per heavy atom. The predicted octanol–water partition coefficient (Wildman–Crippen LogP) is 3.53. The molecular weight excluding hydrogens is 269 g/mol. The van der Waals surface area contributed by atoms with Gasteiger partial charge in [0, 0.05) is 18.2 Å². The zero-order valence-corrected chi connectivity index (χ0v) is 12.8. The molecule has 2 rings (SSSR count). The molecule has 0 spiro atoms. The number of nitrogens with zero attached hydrogens (tertiary/aromatic N) is 2. The highest BCUT2D eigenvalue weighted by Gasteiger charge is 2.17. The van der Waals surface area contributed by atoms with Crippen LogP contribution in [0.25, 0.3) is 0 Å². The Hall–Kier alpha value is -2.17. The Labute approximate surface area is 124 Å². The summed E-state index contributed by atoms with van der Waals surface area (Å²) < 4.78 is 18.5. The number of methoxy groups -OCH3 is 1. The Bertz CT molecular complexity index is 623. The summed E-state index contributed by atoms with van der Waals surface area (Å²) >= 11 is 0. The maximum Gasteiger partial charge on any atom is 0.165 e. The maximum absolute atomic E-state index is 13.6. The third-order valence-corrected chi connectivity index (χ3v) is 3.02. The highest BCUT2D eigenvalue weighted by Crippen LogP contribution is 2.20. The SMILES string of the molecule is COc1ccc(CNc2ccnc(C(C)(C)C)n2)cc1F. The molecule has 0 bridgehead atoms. The molecule has 0 unspecified atom stereocenters. The average molecular weight is 289 g/mol. The van der Waals surface area contributed by atoms with Crippen LogP contribution in [0.5, 0.6) is 5.75 Å². The van der Waals surface area contributed by atoms with Crippen molar-refractivity contribution in [3.05, 3.63) is 47.7 Å². The van der Waals surface area contributed by atoms with Crippen LogP contribution >= 0.6 is 0 Å². The molecule has 0 aliphatic heterocycles. The Balaban J connectivity index is 2.08. The summed E-state index contributed by atoms with van der Waals surface area (Å²) in [7, 11) is 1.45. The number of aromatic nitrogens is 2. The van der Waals surface area contributed by atoms with Crippen LogP contribution in [0.2, 0.25) is 0 Å². The van der Waals surface area contributed by atoms with E-state index in [1.165, 1.54) is 13.2 Å². The monoisotopic (exact) mass is 289 g/mol. The van der Waals surface area contributed by atoms with Gasteiger partial charge in [-0.1, -0.05) is 26.8 Å². The number of anilines is 1. The van der Waals surface area contributed by atoms with Crippen LogP contribution in [-0.4, -0.2) is 17.1 Å². The van der Waals surface area contributed by atoms with Crippen LogP contribution in [-0.2, 0) is 12.0 Å². The smallest absolute Gasteiger partial charge is 0.165 e. The molecule has 0 fully saturated rings. The number of benzene rings is 1. The fourth-order valence-electron chi connectivity index (χ4n) is 1.83. The van der Waals surface area contributed by atoms with E-state index >= 15 is 0 Å². The van der Waals surface area contributed by atoms with Crippen molar-refractivity contribution in [2.75, 3.05) is 12.4 Å². The summed E-state index contributed by atoms with van der Waals surface area (Å²) in [5.74, 6) is 1.38. The van der Waals surface area contributed by atoms with Gasteiger partial charge in [0.25, 0.3) is 0 Å². The topological polar surface area (TPSA) is 47.0 Å². The first-order valence-corrected chi connectivity index (χ1v) is 6.80. The van der Waals surface area contributed by atoms with Crippen molar-refractivity contribution in [1.82, 2.24) is 9.97 Å². The third-order valence-electron chi connectivity index (χ3n) is 3.02. The molecule has 0 aliphatic carbocycles. The molecule has 112 valence electrons. The van der Waals surface area contributed by atoms with Crippen LogP contribution in [0.1, 0.15) is 32.2 Å². The van der Waals surface area contributed by atoms with Crippen LogP contribution in [0, 0.1) is 5.82 Å². The Morgan fingerprint density at radius 2 is 2.00 bits per heavy atom. The zero-order valence-electron chi connectivity index (χ0n) is 12.8. The van der Waals surface area contributed by atoms with E-state index in [1.807, 2.05) is 6.07 Å². The van der Waals surface area contributed by atoms with Gasteiger partial charge < -0.3 is 10.1 Å². The van der Waals surface area contributed by atoms with E-state index in [-0.39, 0.29) is 17.0 Å². The molecule has 2 aromatic rings. The number of halogens is 1. The predicted molar refractivity (Wildman–Crippen MR) is 81.0 cm³/mol. The minimum atomic E-state index is -0.366. The first kappa shape index (κ1) is 15.2. The molecule has 0 saturated carbocycles. The molecule has 21 heavy (non-hydrogen) atoms. The van der Waals surface area contributed by atoms with Gasteiger partial charge in [0.05, 0.1) is 7.11 Å². The second-order valence-electron chi connectivity index (χ2n) is 5.84. The summed E-state index contributed by atoms with van der Waals surface area (Å²) in [6.07, 6.45) is 1.73. The molecule has 0 radical (unpaired) electrons. The average Bonchev–Trinajstić information content (AvgIpc) is 2.45. The first-order chi connectivity index (χ1) is 9.90. The zero-order chi connectivity index (χ0) is 15.5. The van der Waals surface area contributed by atoms with Gasteiger partial charge in [-0.25, -0.2) is 14.4 Å². The molecule has 0 amide bonds. The number of hydrogen-bond acceptors (Lipinski definition) is 4. The van der Waals surface area contributed by atoms with Crippen molar-refractivity contribution < 1.29 is 9.13 Å². The molecule has 0 aliphatic rings. The van der Waals surface area contributed by atoms with Crippen molar-refractivity contribution in [3.63, 3.8) is 0 Å². The molecule has 5 heteroatoms. The molecule has 1 aromatic carbocycles. The maximum atomic E-state index is 13.6. The molecule has 0 saturated heterocycles. The van der Waals surface area contributed by atoms with Crippen LogP contribution in [0.3, 0.4) is 0 Å². The van der Waals surface area contributed by atoms with E-state index in [1.54, 1.807) is 18.3 Å². The Kier molecular flexibility index (Phi) is 4.40. The van der Waals surface area contributed by atoms with Gasteiger partial charge >= 0.3 is 0 Å². The quantitative estimate of drug-likeness (QED) is 0.935. The normalized spacial score (nSPS) is 11.3. The van der Waals surface area contributed by atoms with E-state index in [4.69, 9.17) is 4.74 Å². The van der Waals surface area contributed by atoms with Crippen LogP contribution < -0.4 is 10.1 Å². The lowest BCUT2D eigenvalue weighted by molar-refractivity contribution is 0.386. The standard InChI is InChI=1S/C16H20FN3O/c1-16(2,3)15-18-8-7-14(20-15)19-10-11-5-6-13(21-4)12(17)9-11/h5-9H,10H2,1-4H3,(H,18,19,20). The van der Waals surface area contributed by atoms with E-state index < -0.39 is 0 Å². The van der Waals surface area contributed by atoms with Crippen molar-refractivity contribution in [2.24, 2.45) is 0 Å². The van der Waals surface area contributed by atoms with E-state index in [0.717, 1.165) is 17.2 Å². The highest BCUT2D eigenvalue weighted by atomic mass is 19.1. The van der Waals surface area contributed by atoms with E-state index in [2.05, 4.69) is 36.1 Å². The van der Waals surface area contributed by atoms with Crippen molar-refractivity contribution in [2.45, 2.75) is 32.7 Å². The van der Waals surface area contributed by atoms with E-state index in [0.29, 0.717) is 6.54 Å². The fraction of sp³-hybridized carbons (Fsp3) is 0.375. The highest BCUT2D eigenvalue weighted by molar-refractivity contribution is 5.37. The largest absolute Gasteiger partial charge is 0.494 e. The molecule has 1 aromatic heterocycles. The minimum absolute atomic E-state index is 0.107. The van der Waals surface area contributed by atoms with Gasteiger partial charge in [0.1, 0.15) is 11.6 Å². The van der Waals surface area contributed by atoms with Gasteiger partial charge in [0.15, 0.2) is 11.6 Å². The summed E-state index contributed by atoms with van der Waals surface area (Å²) in [6, 6.07) is 6.69. The number of ether oxygens (including phenoxy) is 1. The number of rotatable bonds is 4. The third kappa shape index (κ3) is 3.90. The molecule has 4 nitrogen and oxygen atoms in total. The van der Waals surface area contributed by atoms with Gasteiger partial charge in [-0.05, 0) is 23.8 Å². The van der Waals surface area contributed by atoms with Gasteiger partial charge in [-0.2, -0.15) is 0 Å². The number of hydrogen-bond donors (Lipinski definition) is 1. The summed E-state index contributed by atoms with van der Waals surface area (Å²) in [6.45, 7) is 6.67. The summed E-state index contributed by atoms with van der Waals surface area (Å²) in [5.41, 5.74) is 0.716. The summed E-state index contributed by atoms with van der Waals surface area (Å²) in [4.78, 5) is 8.75. The molecule has 1 N–H and O–H groups in total. The molecule has 1 heterocycles. The lowest BCUT2D eigenvalue weighted by Crippen LogP contribution is -2.16. The lowest BCUT2D eigenvalue weighted by atomic mass is 9.96. The van der Waals surface area contributed by atoms with Gasteiger partial charge in [-0.3, -0.25) is 0 Å². The molecular formula is C16H20FN3O. The summed E-state index contributed by atoms with van der Waals surface area (Å²) in [5, 5.41) is 3.18. The van der Waals surface area contributed by atoms with Crippen molar-refractivity contribution in [3.8, 4) is 5.75 Å². The minimum Gasteiger partial charge on any atom is -0.494 e. The second-order valence-corrected chi connectivity index (χ2v) is 5.84. The van der Waals surface area contributed by atoms with E-state index in [9.17, 15) is 4.39 Å². The fourth-order valence-corrected chi connectivity index (χ4v) is 1.83. The van der Waals surface area contributed by atoms with Gasteiger partial charge in [-0.15, -0.1) is 0 Å². The molecule has 0 atom stereocenters. The van der Waals surface area contributed by atoms with Crippen molar-refractivity contribution in [1.29, 1.82) is 0 Å². The Morgan fingerprint density at radius 1 is 1.24 bits per heavy atom. The number of nitrogens with one attached hydrogen (secondary N) is 1. The first-order valence-electron chi connectivity index (χ1n) is 6.80. The van der Waals surface area contributed by atoms with Crippen LogP contribution in [0.15, 0.2) is 30.5 Å². The van der Waals surface area contributed by atoms with Crippen LogP contribution in [0.4, 0.5) is 10.2 Å². The van der Waals surface area contributed by atoms with Gasteiger partial charge in [0.2, 0.25) is 0 Å². The lowest BCUT2D eigenvalue weighted by Gasteiger charge is -2.17. The second kappa shape index (κ2) is 6.08.